The number of rotatable bonds is 2. The number of amides is 1. The molecule has 0 aliphatic carbocycles. The molecule has 1 aliphatic heterocycles. The largest absolute Gasteiger partial charge is 0.351 e. The molecule has 1 aromatic heterocycles. The number of nitrogens with one attached hydrogen (secondary N) is 1. The number of nitrogens with zero attached hydrogens (tertiary/aromatic N) is 1. The minimum atomic E-state index is -0.120. The Morgan fingerprint density at radius 1 is 1.21 bits per heavy atom. The Kier molecular flexibility index (Phi) is 3.11. The fourth-order valence-electron chi connectivity index (χ4n) is 2.75. The van der Waals surface area contributed by atoms with Crippen molar-refractivity contribution >= 4 is 5.91 Å². The molecule has 3 heteroatoms. The van der Waals surface area contributed by atoms with Crippen LogP contribution in [-0.4, -0.2) is 16.5 Å². The highest BCUT2D eigenvalue weighted by atomic mass is 16.2. The summed E-state index contributed by atoms with van der Waals surface area (Å²) in [7, 11) is 0. The number of carbonyl (C=O) groups excluding carboxylic acids is 1. The second-order valence-corrected chi connectivity index (χ2v) is 5.18. The van der Waals surface area contributed by atoms with Crippen molar-refractivity contribution in [1.82, 2.24) is 9.88 Å². The van der Waals surface area contributed by atoms with Gasteiger partial charge < -0.3 is 9.88 Å². The highest BCUT2D eigenvalue weighted by Gasteiger charge is 2.25. The Morgan fingerprint density at radius 3 is 2.79 bits per heavy atom. The molecule has 0 saturated carbocycles. The van der Waals surface area contributed by atoms with Crippen molar-refractivity contribution in [3.8, 4) is 0 Å². The van der Waals surface area contributed by atoms with E-state index in [2.05, 4.69) is 28.1 Å². The van der Waals surface area contributed by atoms with Gasteiger partial charge in [0.25, 0.3) is 0 Å². The lowest BCUT2D eigenvalue weighted by Crippen LogP contribution is -2.38. The van der Waals surface area contributed by atoms with Gasteiger partial charge in [-0.2, -0.15) is 0 Å². The number of carbonyl (C=O) groups is 1. The minimum Gasteiger partial charge on any atom is -0.351 e. The van der Waals surface area contributed by atoms with Gasteiger partial charge in [-0.1, -0.05) is 30.3 Å². The van der Waals surface area contributed by atoms with E-state index < -0.39 is 0 Å². The van der Waals surface area contributed by atoms with E-state index in [1.165, 1.54) is 11.3 Å². The van der Waals surface area contributed by atoms with E-state index in [0.717, 1.165) is 12.8 Å². The molecule has 3 rings (SSSR count). The molecule has 0 radical (unpaired) electrons. The first-order valence-corrected chi connectivity index (χ1v) is 6.74. The summed E-state index contributed by atoms with van der Waals surface area (Å²) in [4.78, 5) is 12.1. The lowest BCUT2D eigenvalue weighted by molar-refractivity contribution is -0.124. The van der Waals surface area contributed by atoms with Crippen LogP contribution in [0.2, 0.25) is 0 Å². The molecule has 2 atom stereocenters. The maximum atomic E-state index is 12.1. The van der Waals surface area contributed by atoms with Crippen LogP contribution in [0.3, 0.4) is 0 Å². The third kappa shape index (κ3) is 2.41. The van der Waals surface area contributed by atoms with Crippen molar-refractivity contribution in [2.75, 3.05) is 0 Å². The van der Waals surface area contributed by atoms with Crippen LogP contribution in [-0.2, 0) is 17.6 Å². The summed E-state index contributed by atoms with van der Waals surface area (Å²) >= 11 is 0. The van der Waals surface area contributed by atoms with E-state index in [-0.39, 0.29) is 18.0 Å². The average Bonchev–Trinajstić information content (AvgIpc) is 2.83. The summed E-state index contributed by atoms with van der Waals surface area (Å²) in [6.07, 6.45) is 3.76. The Bertz CT molecular complexity index is 573. The van der Waals surface area contributed by atoms with Crippen LogP contribution < -0.4 is 5.32 Å². The van der Waals surface area contributed by atoms with E-state index in [1.54, 1.807) is 0 Å². The third-order valence-electron chi connectivity index (χ3n) is 3.79. The van der Waals surface area contributed by atoms with Crippen molar-refractivity contribution in [2.24, 2.45) is 0 Å². The Hall–Kier alpha value is -2.03. The van der Waals surface area contributed by atoms with E-state index >= 15 is 0 Å². The molecular weight excluding hydrogens is 236 g/mol. The third-order valence-corrected chi connectivity index (χ3v) is 3.79. The second kappa shape index (κ2) is 4.92. The van der Waals surface area contributed by atoms with Gasteiger partial charge >= 0.3 is 0 Å². The molecule has 19 heavy (non-hydrogen) atoms. The predicted molar refractivity (Wildman–Crippen MR) is 74.9 cm³/mol. The van der Waals surface area contributed by atoms with Gasteiger partial charge in [-0.25, -0.2) is 0 Å². The average molecular weight is 254 g/mol. The lowest BCUT2D eigenvalue weighted by Gasteiger charge is -2.16. The molecule has 0 bridgehead atoms. The van der Waals surface area contributed by atoms with Crippen LogP contribution >= 0.6 is 0 Å². The number of fused-ring (bicyclic) bond motifs is 1. The van der Waals surface area contributed by atoms with Gasteiger partial charge in [0.2, 0.25) is 5.91 Å². The fraction of sp³-hybridized carbons (Fsp3) is 0.312. The molecule has 1 amide bonds. The summed E-state index contributed by atoms with van der Waals surface area (Å²) < 4.78 is 2.07. The first-order valence-electron chi connectivity index (χ1n) is 6.74. The quantitative estimate of drug-likeness (QED) is 0.877. The Labute approximate surface area is 113 Å². The summed E-state index contributed by atoms with van der Waals surface area (Å²) in [5, 5.41) is 3.15. The number of hydrogen-bond acceptors (Lipinski definition) is 1. The highest BCUT2D eigenvalue weighted by molar-refractivity contribution is 5.80. The Balaban J connectivity index is 1.83. The first kappa shape index (κ1) is 12.0. The first-order chi connectivity index (χ1) is 9.24. The van der Waals surface area contributed by atoms with Crippen LogP contribution in [0.4, 0.5) is 0 Å². The van der Waals surface area contributed by atoms with Crippen LogP contribution in [0.5, 0.6) is 0 Å². The summed E-state index contributed by atoms with van der Waals surface area (Å²) in [5.74, 6) is 0.107. The van der Waals surface area contributed by atoms with Crippen molar-refractivity contribution in [1.29, 1.82) is 0 Å². The Morgan fingerprint density at radius 2 is 2.00 bits per heavy atom. The second-order valence-electron chi connectivity index (χ2n) is 5.18. The van der Waals surface area contributed by atoms with E-state index in [9.17, 15) is 4.79 Å². The maximum absolute atomic E-state index is 12.1. The lowest BCUT2D eigenvalue weighted by atomic mass is 10.0. The summed E-state index contributed by atoms with van der Waals surface area (Å²) in [6, 6.07) is 14.5. The van der Waals surface area contributed by atoms with Crippen molar-refractivity contribution in [3.63, 3.8) is 0 Å². The minimum absolute atomic E-state index is 0.107. The molecule has 98 valence electrons. The number of aromatic nitrogens is 1. The molecule has 1 N–H and O–H groups in total. The van der Waals surface area contributed by atoms with Gasteiger partial charge in [-0.05, 0) is 31.0 Å². The molecule has 1 aromatic carbocycles. The monoisotopic (exact) mass is 254 g/mol. The standard InChI is InChI=1S/C16H18N2O/c1-12-16(19)17-14(10-13-6-3-2-4-7-13)11-15-8-5-9-18(12)15/h2-9,12,14H,10-11H2,1H3,(H,17,19)/t12-,14-/m0/s1. The van der Waals surface area contributed by atoms with E-state index in [1.807, 2.05) is 37.4 Å². The SMILES string of the molecule is C[C@H]1C(=O)N[C@@H](Cc2ccccc2)Cc2cccn21. The van der Waals surface area contributed by atoms with Gasteiger partial charge in [0.05, 0.1) is 0 Å². The zero-order valence-corrected chi connectivity index (χ0v) is 11.0. The molecule has 2 aromatic rings. The highest BCUT2D eigenvalue weighted by Crippen LogP contribution is 2.19. The normalized spacial score (nSPS) is 22.5. The molecular formula is C16H18N2O. The smallest absolute Gasteiger partial charge is 0.243 e. The molecule has 2 heterocycles. The van der Waals surface area contributed by atoms with Crippen molar-refractivity contribution < 1.29 is 4.79 Å². The van der Waals surface area contributed by atoms with Crippen LogP contribution in [0.1, 0.15) is 24.2 Å². The topological polar surface area (TPSA) is 34.0 Å². The zero-order valence-electron chi connectivity index (χ0n) is 11.0. The zero-order chi connectivity index (χ0) is 13.2. The summed E-state index contributed by atoms with van der Waals surface area (Å²) in [6.45, 7) is 1.95. The van der Waals surface area contributed by atoms with Crippen LogP contribution in [0.15, 0.2) is 48.7 Å². The van der Waals surface area contributed by atoms with Gasteiger partial charge in [-0.3, -0.25) is 4.79 Å². The molecule has 0 fully saturated rings. The van der Waals surface area contributed by atoms with E-state index in [0.29, 0.717) is 0 Å². The van der Waals surface area contributed by atoms with Crippen molar-refractivity contribution in [2.45, 2.75) is 31.8 Å². The molecule has 0 saturated heterocycles. The van der Waals surface area contributed by atoms with Gasteiger partial charge in [0.15, 0.2) is 0 Å². The van der Waals surface area contributed by atoms with Gasteiger partial charge in [-0.15, -0.1) is 0 Å². The molecule has 0 spiro atoms. The number of benzene rings is 1. The van der Waals surface area contributed by atoms with E-state index in [4.69, 9.17) is 0 Å². The fourth-order valence-corrected chi connectivity index (χ4v) is 2.75. The van der Waals surface area contributed by atoms with Crippen molar-refractivity contribution in [3.05, 3.63) is 59.9 Å². The van der Waals surface area contributed by atoms with Gasteiger partial charge in [0.1, 0.15) is 6.04 Å². The maximum Gasteiger partial charge on any atom is 0.243 e. The summed E-state index contributed by atoms with van der Waals surface area (Å²) in [5.41, 5.74) is 2.49. The molecule has 0 unspecified atom stereocenters. The number of hydrogen-bond donors (Lipinski definition) is 1. The molecule has 1 aliphatic rings. The molecule has 3 nitrogen and oxygen atoms in total. The van der Waals surface area contributed by atoms with Crippen LogP contribution in [0, 0.1) is 0 Å². The predicted octanol–water partition coefficient (Wildman–Crippen LogP) is 2.33. The van der Waals surface area contributed by atoms with Crippen LogP contribution in [0.25, 0.3) is 0 Å². The van der Waals surface area contributed by atoms with Gasteiger partial charge in [0, 0.05) is 24.4 Å².